The molecule has 2 rings (SSSR count). The lowest BCUT2D eigenvalue weighted by Gasteiger charge is -2.11. The Hall–Kier alpha value is -2.40. The molecule has 2 aromatic rings. The minimum absolute atomic E-state index is 0.0610. The number of halogens is 1. The first-order chi connectivity index (χ1) is 9.90. The molecule has 0 aliphatic rings. The second kappa shape index (κ2) is 5.93. The molecular formula is C15H13ClN2O3. The number of anilines is 1. The first-order valence-electron chi connectivity index (χ1n) is 6.21. The topological polar surface area (TPSA) is 72.2 Å². The Labute approximate surface area is 126 Å². The van der Waals surface area contributed by atoms with Crippen molar-refractivity contribution < 1.29 is 9.72 Å². The van der Waals surface area contributed by atoms with Crippen molar-refractivity contribution >= 4 is 28.9 Å². The molecule has 0 saturated heterocycles. The fourth-order valence-corrected chi connectivity index (χ4v) is 2.24. The Balaban J connectivity index is 2.29. The molecule has 0 radical (unpaired) electrons. The molecule has 108 valence electrons. The lowest BCUT2D eigenvalue weighted by Crippen LogP contribution is -2.13. The highest BCUT2D eigenvalue weighted by atomic mass is 35.5. The van der Waals surface area contributed by atoms with Gasteiger partial charge in [-0.25, -0.2) is 0 Å². The Morgan fingerprint density at radius 1 is 1.19 bits per heavy atom. The zero-order chi connectivity index (χ0) is 15.6. The number of carbonyl (C=O) groups excluding carboxylic acids is 1. The van der Waals surface area contributed by atoms with Gasteiger partial charge in [-0.2, -0.15) is 0 Å². The zero-order valence-electron chi connectivity index (χ0n) is 11.5. The van der Waals surface area contributed by atoms with Crippen molar-refractivity contribution in [2.24, 2.45) is 0 Å². The monoisotopic (exact) mass is 304 g/mol. The van der Waals surface area contributed by atoms with E-state index >= 15 is 0 Å². The van der Waals surface area contributed by atoms with Gasteiger partial charge in [0.2, 0.25) is 0 Å². The summed E-state index contributed by atoms with van der Waals surface area (Å²) in [6.07, 6.45) is 0. The Morgan fingerprint density at radius 2 is 1.81 bits per heavy atom. The number of para-hydroxylation sites is 1. The number of rotatable bonds is 3. The van der Waals surface area contributed by atoms with Crippen LogP contribution in [-0.2, 0) is 0 Å². The number of hydrogen-bond donors (Lipinski definition) is 1. The molecule has 0 fully saturated rings. The van der Waals surface area contributed by atoms with Gasteiger partial charge >= 0.3 is 0 Å². The summed E-state index contributed by atoms with van der Waals surface area (Å²) in [5.41, 5.74) is 2.67. The molecule has 0 bridgehead atoms. The average Bonchev–Trinajstić information content (AvgIpc) is 2.42. The van der Waals surface area contributed by atoms with Crippen LogP contribution in [0.3, 0.4) is 0 Å². The average molecular weight is 305 g/mol. The van der Waals surface area contributed by atoms with E-state index in [-0.39, 0.29) is 22.2 Å². The summed E-state index contributed by atoms with van der Waals surface area (Å²) in [6, 6.07) is 9.59. The summed E-state index contributed by atoms with van der Waals surface area (Å²) >= 11 is 5.81. The van der Waals surface area contributed by atoms with E-state index in [0.717, 1.165) is 16.8 Å². The van der Waals surface area contributed by atoms with Crippen molar-refractivity contribution in [3.8, 4) is 0 Å². The number of amides is 1. The second-order valence-electron chi connectivity index (χ2n) is 4.64. The third kappa shape index (κ3) is 3.20. The van der Waals surface area contributed by atoms with Gasteiger partial charge in [0.05, 0.1) is 4.92 Å². The fourth-order valence-electron chi connectivity index (χ4n) is 1.99. The predicted octanol–water partition coefficient (Wildman–Crippen LogP) is 4.12. The van der Waals surface area contributed by atoms with Crippen molar-refractivity contribution in [3.05, 3.63) is 68.2 Å². The van der Waals surface area contributed by atoms with Crippen molar-refractivity contribution in [3.63, 3.8) is 0 Å². The SMILES string of the molecule is Cc1cccc(C)c1NC(=O)c1ccc([N+](=O)[O-])c(Cl)c1. The molecule has 1 N–H and O–H groups in total. The van der Waals surface area contributed by atoms with Gasteiger partial charge in [0.15, 0.2) is 0 Å². The molecule has 2 aromatic carbocycles. The number of nitrogens with zero attached hydrogens (tertiary/aromatic N) is 1. The third-order valence-corrected chi connectivity index (χ3v) is 3.43. The molecule has 6 heteroatoms. The highest BCUT2D eigenvalue weighted by Crippen LogP contribution is 2.26. The highest BCUT2D eigenvalue weighted by molar-refractivity contribution is 6.33. The summed E-state index contributed by atoms with van der Waals surface area (Å²) in [7, 11) is 0. The lowest BCUT2D eigenvalue weighted by atomic mass is 10.1. The molecule has 0 aliphatic carbocycles. The molecule has 0 aliphatic heterocycles. The summed E-state index contributed by atoms with van der Waals surface area (Å²) in [6.45, 7) is 3.79. The van der Waals surface area contributed by atoms with E-state index in [0.29, 0.717) is 0 Å². The van der Waals surface area contributed by atoms with Gasteiger partial charge in [-0.1, -0.05) is 29.8 Å². The van der Waals surface area contributed by atoms with Crippen LogP contribution < -0.4 is 5.32 Å². The van der Waals surface area contributed by atoms with Crippen LogP contribution >= 0.6 is 11.6 Å². The van der Waals surface area contributed by atoms with Crippen molar-refractivity contribution in [2.75, 3.05) is 5.32 Å². The van der Waals surface area contributed by atoms with Crippen molar-refractivity contribution in [2.45, 2.75) is 13.8 Å². The summed E-state index contributed by atoms with van der Waals surface area (Å²) in [5.74, 6) is -0.357. The second-order valence-corrected chi connectivity index (χ2v) is 5.05. The quantitative estimate of drug-likeness (QED) is 0.685. The largest absolute Gasteiger partial charge is 0.322 e. The fraction of sp³-hybridized carbons (Fsp3) is 0.133. The minimum atomic E-state index is -0.588. The van der Waals surface area contributed by atoms with Crippen LogP contribution in [0.1, 0.15) is 21.5 Å². The van der Waals surface area contributed by atoms with E-state index in [1.807, 2.05) is 32.0 Å². The summed E-state index contributed by atoms with van der Waals surface area (Å²) in [5, 5.41) is 13.4. The molecule has 0 aromatic heterocycles. The molecule has 0 spiro atoms. The number of carbonyl (C=O) groups is 1. The Morgan fingerprint density at radius 3 is 2.33 bits per heavy atom. The maximum atomic E-state index is 12.2. The standard InChI is InChI=1S/C15H13ClN2O3/c1-9-4-3-5-10(2)14(9)17-15(19)11-6-7-13(18(20)21)12(16)8-11/h3-8H,1-2H3,(H,17,19). The molecule has 0 heterocycles. The van der Waals surface area contributed by atoms with Crippen molar-refractivity contribution in [1.29, 1.82) is 0 Å². The number of hydrogen-bond acceptors (Lipinski definition) is 3. The normalized spacial score (nSPS) is 10.2. The van der Waals surface area contributed by atoms with Gasteiger partial charge in [0.25, 0.3) is 11.6 Å². The number of nitrogens with one attached hydrogen (secondary N) is 1. The van der Waals surface area contributed by atoms with Crippen LogP contribution in [0.15, 0.2) is 36.4 Å². The van der Waals surface area contributed by atoms with Gasteiger partial charge in [0.1, 0.15) is 5.02 Å². The minimum Gasteiger partial charge on any atom is -0.322 e. The van der Waals surface area contributed by atoms with E-state index in [4.69, 9.17) is 11.6 Å². The smallest absolute Gasteiger partial charge is 0.287 e. The number of nitro benzene ring substituents is 1. The number of benzene rings is 2. The van der Waals surface area contributed by atoms with Gasteiger partial charge in [-0.05, 0) is 37.1 Å². The van der Waals surface area contributed by atoms with Crippen LogP contribution in [0.4, 0.5) is 11.4 Å². The van der Waals surface area contributed by atoms with Crippen LogP contribution in [0.2, 0.25) is 5.02 Å². The lowest BCUT2D eigenvalue weighted by molar-refractivity contribution is -0.384. The number of nitro groups is 1. The molecule has 0 unspecified atom stereocenters. The van der Waals surface area contributed by atoms with E-state index in [1.54, 1.807) is 0 Å². The first kappa shape index (κ1) is 15.0. The molecule has 5 nitrogen and oxygen atoms in total. The van der Waals surface area contributed by atoms with Crippen LogP contribution in [-0.4, -0.2) is 10.8 Å². The van der Waals surface area contributed by atoms with Crippen LogP contribution in [0, 0.1) is 24.0 Å². The molecule has 0 atom stereocenters. The summed E-state index contributed by atoms with van der Waals surface area (Å²) < 4.78 is 0. The van der Waals surface area contributed by atoms with Crippen molar-refractivity contribution in [1.82, 2.24) is 0 Å². The molecule has 1 amide bonds. The zero-order valence-corrected chi connectivity index (χ0v) is 12.3. The van der Waals surface area contributed by atoms with E-state index < -0.39 is 4.92 Å². The maximum Gasteiger partial charge on any atom is 0.287 e. The molecule has 21 heavy (non-hydrogen) atoms. The molecule has 0 saturated carbocycles. The van der Waals surface area contributed by atoms with Crippen LogP contribution in [0.5, 0.6) is 0 Å². The predicted molar refractivity (Wildman–Crippen MR) is 82.0 cm³/mol. The summed E-state index contributed by atoms with van der Waals surface area (Å²) in [4.78, 5) is 22.3. The third-order valence-electron chi connectivity index (χ3n) is 3.13. The Bertz CT molecular complexity index is 709. The maximum absolute atomic E-state index is 12.2. The van der Waals surface area contributed by atoms with Gasteiger partial charge in [-0.3, -0.25) is 14.9 Å². The molecular weight excluding hydrogens is 292 g/mol. The number of aryl methyl sites for hydroxylation is 2. The van der Waals surface area contributed by atoms with Crippen LogP contribution in [0.25, 0.3) is 0 Å². The van der Waals surface area contributed by atoms with Gasteiger partial charge < -0.3 is 5.32 Å². The highest BCUT2D eigenvalue weighted by Gasteiger charge is 2.16. The van der Waals surface area contributed by atoms with E-state index in [2.05, 4.69) is 5.32 Å². The Kier molecular flexibility index (Phi) is 4.23. The van der Waals surface area contributed by atoms with E-state index in [1.165, 1.54) is 18.2 Å². The van der Waals surface area contributed by atoms with Gasteiger partial charge in [0, 0.05) is 17.3 Å². The van der Waals surface area contributed by atoms with E-state index in [9.17, 15) is 14.9 Å². The first-order valence-corrected chi connectivity index (χ1v) is 6.59. The van der Waals surface area contributed by atoms with Gasteiger partial charge in [-0.15, -0.1) is 0 Å².